The summed E-state index contributed by atoms with van der Waals surface area (Å²) in [6.07, 6.45) is 2.24. The minimum atomic E-state index is -0.835. The molecular weight excluding hydrogens is 356 g/mol. The van der Waals surface area contributed by atoms with Gasteiger partial charge in [0.2, 0.25) is 5.88 Å². The number of amides is 1. The van der Waals surface area contributed by atoms with Crippen molar-refractivity contribution in [2.45, 2.75) is 66.4 Å². The number of aryl methyl sites for hydroxylation is 1. The molecule has 160 valence electrons. The number of hydrogen-bond acceptors (Lipinski definition) is 5. The molecule has 1 heterocycles. The average Bonchev–Trinajstić information content (AvgIpc) is 2.61. The summed E-state index contributed by atoms with van der Waals surface area (Å²) in [5, 5.41) is 3.06. The molecule has 0 fully saturated rings. The van der Waals surface area contributed by atoms with Crippen LogP contribution in [0.4, 0.5) is 5.69 Å². The number of ether oxygens (including phenoxy) is 3. The monoisotopic (exact) mass is 394 g/mol. The number of hydrogen-bond donors (Lipinski definition) is 1. The van der Waals surface area contributed by atoms with E-state index in [1.165, 1.54) is 0 Å². The van der Waals surface area contributed by atoms with Crippen molar-refractivity contribution in [3.8, 4) is 5.88 Å². The Balaban J connectivity index is 3.02. The molecule has 0 aliphatic rings. The first-order chi connectivity index (χ1) is 13.2. The lowest BCUT2D eigenvalue weighted by Gasteiger charge is -2.35. The van der Waals surface area contributed by atoms with Crippen LogP contribution in [-0.4, -0.2) is 43.4 Å². The standard InChI is InChI=1S/C22H38N2O4/c1-8-11-28-22(14-16(2)3,15-17(4)5)21(25)24-19-9-10-20(23-18(19)6)27-13-12-26-7/h9-10,16-17H,8,11-15H2,1-7H3,(H,24,25). The third kappa shape index (κ3) is 7.76. The first kappa shape index (κ1) is 24.4. The minimum Gasteiger partial charge on any atom is -0.475 e. The molecule has 0 saturated carbocycles. The van der Waals surface area contributed by atoms with Crippen molar-refractivity contribution in [3.05, 3.63) is 17.8 Å². The lowest BCUT2D eigenvalue weighted by molar-refractivity contribution is -0.147. The lowest BCUT2D eigenvalue weighted by Crippen LogP contribution is -2.48. The van der Waals surface area contributed by atoms with E-state index >= 15 is 0 Å². The molecule has 6 nitrogen and oxygen atoms in total. The molecule has 1 N–H and O–H groups in total. The Hall–Kier alpha value is -1.66. The van der Waals surface area contributed by atoms with Crippen molar-refractivity contribution in [1.29, 1.82) is 0 Å². The van der Waals surface area contributed by atoms with Gasteiger partial charge in [-0.3, -0.25) is 4.79 Å². The molecule has 0 unspecified atom stereocenters. The zero-order chi connectivity index (χ0) is 21.2. The van der Waals surface area contributed by atoms with Gasteiger partial charge >= 0.3 is 0 Å². The molecule has 0 aliphatic heterocycles. The van der Waals surface area contributed by atoms with Gasteiger partial charge in [-0.25, -0.2) is 4.98 Å². The third-order valence-electron chi connectivity index (χ3n) is 4.32. The van der Waals surface area contributed by atoms with Gasteiger partial charge in [-0.1, -0.05) is 34.6 Å². The molecule has 6 heteroatoms. The number of pyridine rings is 1. The Labute approximate surface area is 170 Å². The van der Waals surface area contributed by atoms with Crippen LogP contribution in [0.15, 0.2) is 12.1 Å². The van der Waals surface area contributed by atoms with Crippen LogP contribution in [0, 0.1) is 18.8 Å². The molecule has 0 atom stereocenters. The van der Waals surface area contributed by atoms with Gasteiger partial charge in [0, 0.05) is 19.8 Å². The number of nitrogens with zero attached hydrogens (tertiary/aromatic N) is 1. The Morgan fingerprint density at radius 3 is 2.25 bits per heavy atom. The predicted molar refractivity (Wildman–Crippen MR) is 113 cm³/mol. The van der Waals surface area contributed by atoms with Gasteiger partial charge in [-0.05, 0) is 44.1 Å². The molecule has 28 heavy (non-hydrogen) atoms. The fourth-order valence-corrected chi connectivity index (χ4v) is 3.28. The number of rotatable bonds is 13. The van der Waals surface area contributed by atoms with Gasteiger partial charge in [0.15, 0.2) is 0 Å². The maximum Gasteiger partial charge on any atom is 0.256 e. The molecular formula is C22H38N2O4. The summed E-state index contributed by atoms with van der Waals surface area (Å²) in [4.78, 5) is 17.8. The SMILES string of the molecule is CCCOC(CC(C)C)(CC(C)C)C(=O)Nc1ccc(OCCOC)nc1C. The van der Waals surface area contributed by atoms with E-state index in [-0.39, 0.29) is 5.91 Å². The number of carbonyl (C=O) groups is 1. The first-order valence-electron chi connectivity index (χ1n) is 10.3. The third-order valence-corrected chi connectivity index (χ3v) is 4.32. The van der Waals surface area contributed by atoms with E-state index in [1.807, 2.05) is 13.0 Å². The summed E-state index contributed by atoms with van der Waals surface area (Å²) in [5.74, 6) is 1.11. The largest absolute Gasteiger partial charge is 0.475 e. The summed E-state index contributed by atoms with van der Waals surface area (Å²) in [7, 11) is 1.63. The van der Waals surface area contributed by atoms with Crippen LogP contribution >= 0.6 is 0 Å². The second-order valence-corrected chi connectivity index (χ2v) is 8.12. The molecule has 1 aromatic rings. The minimum absolute atomic E-state index is 0.0960. The van der Waals surface area contributed by atoms with Gasteiger partial charge in [-0.2, -0.15) is 0 Å². The van der Waals surface area contributed by atoms with Crippen molar-refractivity contribution >= 4 is 11.6 Å². The van der Waals surface area contributed by atoms with Crippen LogP contribution in [0.1, 0.15) is 59.6 Å². The molecule has 1 aromatic heterocycles. The van der Waals surface area contributed by atoms with Crippen LogP contribution in [0.25, 0.3) is 0 Å². The lowest BCUT2D eigenvalue weighted by atomic mass is 9.83. The molecule has 0 aromatic carbocycles. The Kier molecular flexibility index (Phi) is 10.5. The van der Waals surface area contributed by atoms with Gasteiger partial charge in [0.05, 0.1) is 18.0 Å². The number of nitrogens with one attached hydrogen (secondary N) is 1. The van der Waals surface area contributed by atoms with E-state index in [2.05, 4.69) is 44.9 Å². The zero-order valence-electron chi connectivity index (χ0n) is 18.6. The maximum atomic E-state index is 13.3. The summed E-state index contributed by atoms with van der Waals surface area (Å²) < 4.78 is 16.7. The van der Waals surface area contributed by atoms with Crippen molar-refractivity contribution in [3.63, 3.8) is 0 Å². The smallest absolute Gasteiger partial charge is 0.256 e. The van der Waals surface area contributed by atoms with E-state index < -0.39 is 5.60 Å². The number of aromatic nitrogens is 1. The molecule has 0 saturated heterocycles. The van der Waals surface area contributed by atoms with Crippen LogP contribution in [0.2, 0.25) is 0 Å². The summed E-state index contributed by atoms with van der Waals surface area (Å²) >= 11 is 0. The highest BCUT2D eigenvalue weighted by Crippen LogP contribution is 2.31. The van der Waals surface area contributed by atoms with E-state index in [9.17, 15) is 4.79 Å². The van der Waals surface area contributed by atoms with Gasteiger partial charge in [-0.15, -0.1) is 0 Å². The van der Waals surface area contributed by atoms with Crippen LogP contribution in [0.5, 0.6) is 5.88 Å². The quantitative estimate of drug-likeness (QED) is 0.495. The number of methoxy groups -OCH3 is 1. The maximum absolute atomic E-state index is 13.3. The number of anilines is 1. The topological polar surface area (TPSA) is 69.7 Å². The van der Waals surface area contributed by atoms with Gasteiger partial charge in [0.25, 0.3) is 5.91 Å². The summed E-state index contributed by atoms with van der Waals surface area (Å²) in [6, 6.07) is 3.59. The predicted octanol–water partition coefficient (Wildman–Crippen LogP) is 4.61. The Morgan fingerprint density at radius 2 is 1.75 bits per heavy atom. The van der Waals surface area contributed by atoms with Crippen LogP contribution in [-0.2, 0) is 14.3 Å². The molecule has 0 aliphatic carbocycles. The van der Waals surface area contributed by atoms with Crippen molar-refractivity contribution < 1.29 is 19.0 Å². The van der Waals surface area contributed by atoms with Crippen LogP contribution < -0.4 is 10.1 Å². The molecule has 1 rings (SSSR count). The molecule has 0 radical (unpaired) electrons. The fourth-order valence-electron chi connectivity index (χ4n) is 3.28. The van der Waals surface area contributed by atoms with Gasteiger partial charge < -0.3 is 19.5 Å². The van der Waals surface area contributed by atoms with Crippen molar-refractivity contribution in [2.75, 3.05) is 32.2 Å². The second-order valence-electron chi connectivity index (χ2n) is 8.12. The average molecular weight is 395 g/mol. The van der Waals surface area contributed by atoms with E-state index in [4.69, 9.17) is 14.2 Å². The highest BCUT2D eigenvalue weighted by molar-refractivity contribution is 5.97. The van der Waals surface area contributed by atoms with Crippen LogP contribution in [0.3, 0.4) is 0 Å². The second kappa shape index (κ2) is 12.0. The van der Waals surface area contributed by atoms with Crippen molar-refractivity contribution in [1.82, 2.24) is 4.98 Å². The van der Waals surface area contributed by atoms with Gasteiger partial charge in [0.1, 0.15) is 12.2 Å². The Bertz CT molecular complexity index is 592. The fraction of sp³-hybridized carbons (Fsp3) is 0.727. The molecule has 0 spiro atoms. The summed E-state index contributed by atoms with van der Waals surface area (Å²) in [6.45, 7) is 13.9. The zero-order valence-corrected chi connectivity index (χ0v) is 18.6. The van der Waals surface area contributed by atoms with E-state index in [0.29, 0.717) is 61.8 Å². The first-order valence-corrected chi connectivity index (χ1v) is 10.3. The van der Waals surface area contributed by atoms with E-state index in [0.717, 1.165) is 6.42 Å². The van der Waals surface area contributed by atoms with Crippen molar-refractivity contribution in [2.24, 2.45) is 11.8 Å². The highest BCUT2D eigenvalue weighted by Gasteiger charge is 2.40. The normalized spacial score (nSPS) is 11.9. The highest BCUT2D eigenvalue weighted by atomic mass is 16.5. The Morgan fingerprint density at radius 1 is 1.11 bits per heavy atom. The molecule has 0 bridgehead atoms. The van der Waals surface area contributed by atoms with E-state index in [1.54, 1.807) is 13.2 Å². The molecule has 1 amide bonds. The summed E-state index contributed by atoms with van der Waals surface area (Å²) in [5.41, 5.74) is 0.557. The number of carbonyl (C=O) groups excluding carboxylic acids is 1.